The minimum absolute atomic E-state index is 0.0711. The van der Waals surface area contributed by atoms with Gasteiger partial charge in [0, 0.05) is 12.7 Å². The van der Waals surface area contributed by atoms with Crippen molar-refractivity contribution in [1.29, 1.82) is 0 Å². The minimum atomic E-state index is -0.0711. The molecule has 0 heterocycles. The average Bonchev–Trinajstić information content (AvgIpc) is 2.31. The number of aliphatic hydroxyl groups is 1. The Hall–Kier alpha value is -1.35. The van der Waals surface area contributed by atoms with E-state index in [-0.39, 0.29) is 6.61 Å². The quantitative estimate of drug-likeness (QED) is 0.559. The van der Waals surface area contributed by atoms with Gasteiger partial charge in [0.15, 0.2) is 0 Å². The van der Waals surface area contributed by atoms with Crippen molar-refractivity contribution in [3.05, 3.63) is 36.1 Å². The van der Waals surface area contributed by atoms with E-state index in [1.165, 1.54) is 4.90 Å². The molecular weight excluding hydrogens is 190 g/mol. The van der Waals surface area contributed by atoms with Crippen LogP contribution in [0.4, 0.5) is 0 Å². The van der Waals surface area contributed by atoms with Crippen molar-refractivity contribution >= 4 is 6.41 Å². The number of carbonyl (C=O) groups is 1. The van der Waals surface area contributed by atoms with Gasteiger partial charge in [-0.15, -0.1) is 0 Å². The molecule has 0 unspecified atom stereocenters. The van der Waals surface area contributed by atoms with Gasteiger partial charge in [-0.1, -0.05) is 32.6 Å². The maximum absolute atomic E-state index is 10.4. The summed E-state index contributed by atoms with van der Waals surface area (Å²) >= 11 is 0. The molecule has 86 valence electrons. The lowest BCUT2D eigenvalue weighted by Crippen LogP contribution is -2.13. The molecule has 0 aliphatic carbocycles. The highest BCUT2D eigenvalue weighted by Gasteiger charge is 1.96. The predicted molar refractivity (Wildman–Crippen MR) is 64.3 cm³/mol. The number of aliphatic hydroxyl groups excluding tert-OH is 1. The zero-order chi connectivity index (χ0) is 12.3. The fourth-order valence-electron chi connectivity index (χ4n) is 0.734. The summed E-state index contributed by atoms with van der Waals surface area (Å²) in [5.74, 6) is 0. The molecule has 0 spiro atoms. The number of nitrogens with zero attached hydrogens (tertiary/aromatic N) is 1. The highest BCUT2D eigenvalue weighted by Crippen LogP contribution is 2.02. The zero-order valence-corrected chi connectivity index (χ0v) is 10.0. The second-order valence-corrected chi connectivity index (χ2v) is 2.58. The van der Waals surface area contributed by atoms with E-state index < -0.39 is 0 Å². The number of allylic oxidation sites excluding steroid dienone is 2. The molecule has 0 aromatic carbocycles. The van der Waals surface area contributed by atoms with E-state index in [4.69, 9.17) is 5.11 Å². The number of hydrogen-bond acceptors (Lipinski definition) is 2. The van der Waals surface area contributed by atoms with E-state index in [1.54, 1.807) is 25.3 Å². The summed E-state index contributed by atoms with van der Waals surface area (Å²) in [7, 11) is 1.66. The van der Waals surface area contributed by atoms with Crippen LogP contribution in [0.1, 0.15) is 20.8 Å². The van der Waals surface area contributed by atoms with Crippen LogP contribution in [0.5, 0.6) is 0 Å². The van der Waals surface area contributed by atoms with Crippen molar-refractivity contribution in [1.82, 2.24) is 4.90 Å². The van der Waals surface area contributed by atoms with Gasteiger partial charge in [0.1, 0.15) is 0 Å². The van der Waals surface area contributed by atoms with Gasteiger partial charge in [-0.05, 0) is 18.6 Å². The van der Waals surface area contributed by atoms with Gasteiger partial charge in [-0.25, -0.2) is 0 Å². The molecule has 0 aliphatic heterocycles. The van der Waals surface area contributed by atoms with Crippen molar-refractivity contribution in [3.63, 3.8) is 0 Å². The van der Waals surface area contributed by atoms with Crippen LogP contribution in [-0.4, -0.2) is 30.1 Å². The molecule has 15 heavy (non-hydrogen) atoms. The molecule has 0 aromatic rings. The molecule has 0 aliphatic rings. The SMILES string of the molecule is C=C(/C=C\C(=C/C)N(C)C=O)CO.CC. The van der Waals surface area contributed by atoms with Crippen molar-refractivity contribution in [2.45, 2.75) is 20.8 Å². The van der Waals surface area contributed by atoms with Crippen molar-refractivity contribution in [2.75, 3.05) is 13.7 Å². The van der Waals surface area contributed by atoms with E-state index in [9.17, 15) is 4.79 Å². The van der Waals surface area contributed by atoms with Gasteiger partial charge >= 0.3 is 0 Å². The third-order valence-electron chi connectivity index (χ3n) is 1.55. The first-order chi connectivity index (χ1) is 7.15. The predicted octanol–water partition coefficient (Wildman–Crippen LogP) is 2.11. The summed E-state index contributed by atoms with van der Waals surface area (Å²) in [5, 5.41) is 8.66. The fourth-order valence-corrected chi connectivity index (χ4v) is 0.734. The molecule has 0 saturated carbocycles. The minimum Gasteiger partial charge on any atom is -0.392 e. The summed E-state index contributed by atoms with van der Waals surface area (Å²) in [6.07, 6.45) is 5.93. The summed E-state index contributed by atoms with van der Waals surface area (Å²) in [5.41, 5.74) is 1.38. The molecule has 3 heteroatoms. The Balaban J connectivity index is 0. The normalized spacial score (nSPS) is 10.6. The van der Waals surface area contributed by atoms with Crippen LogP contribution in [0, 0.1) is 0 Å². The lowest BCUT2D eigenvalue weighted by atomic mass is 10.2. The smallest absolute Gasteiger partial charge is 0.213 e. The Labute approximate surface area is 92.4 Å². The van der Waals surface area contributed by atoms with Crippen molar-refractivity contribution in [2.24, 2.45) is 0 Å². The van der Waals surface area contributed by atoms with Gasteiger partial charge in [0.05, 0.1) is 6.61 Å². The van der Waals surface area contributed by atoms with Crippen molar-refractivity contribution < 1.29 is 9.90 Å². The third kappa shape index (κ3) is 7.70. The highest BCUT2D eigenvalue weighted by molar-refractivity contribution is 5.52. The van der Waals surface area contributed by atoms with E-state index in [0.29, 0.717) is 5.57 Å². The molecule has 0 aromatic heterocycles. The number of hydrogen-bond donors (Lipinski definition) is 1. The number of rotatable bonds is 5. The molecule has 0 bridgehead atoms. The van der Waals surface area contributed by atoms with Crippen LogP contribution in [0.15, 0.2) is 36.1 Å². The first kappa shape index (κ1) is 16.1. The van der Waals surface area contributed by atoms with Gasteiger partial charge in [-0.3, -0.25) is 4.79 Å². The number of carbonyl (C=O) groups excluding carboxylic acids is 1. The Morgan fingerprint density at radius 3 is 2.27 bits per heavy atom. The van der Waals surface area contributed by atoms with Gasteiger partial charge in [-0.2, -0.15) is 0 Å². The average molecular weight is 211 g/mol. The molecule has 0 saturated heterocycles. The molecule has 0 atom stereocenters. The lowest BCUT2D eigenvalue weighted by molar-refractivity contribution is -0.115. The van der Waals surface area contributed by atoms with E-state index in [0.717, 1.165) is 12.1 Å². The summed E-state index contributed by atoms with van der Waals surface area (Å²) in [6.45, 7) is 9.36. The van der Waals surface area contributed by atoms with Crippen LogP contribution >= 0.6 is 0 Å². The molecule has 0 radical (unpaired) electrons. The maximum Gasteiger partial charge on any atom is 0.213 e. The highest BCUT2D eigenvalue weighted by atomic mass is 16.3. The van der Waals surface area contributed by atoms with Crippen LogP contribution in [0.3, 0.4) is 0 Å². The summed E-state index contributed by atoms with van der Waals surface area (Å²) in [4.78, 5) is 11.8. The van der Waals surface area contributed by atoms with E-state index >= 15 is 0 Å². The maximum atomic E-state index is 10.4. The van der Waals surface area contributed by atoms with Crippen LogP contribution in [-0.2, 0) is 4.79 Å². The topological polar surface area (TPSA) is 40.5 Å². The van der Waals surface area contributed by atoms with Crippen molar-refractivity contribution in [3.8, 4) is 0 Å². The van der Waals surface area contributed by atoms with E-state index in [1.807, 2.05) is 20.8 Å². The van der Waals surface area contributed by atoms with Crippen LogP contribution < -0.4 is 0 Å². The number of amides is 1. The van der Waals surface area contributed by atoms with Crippen LogP contribution in [0.2, 0.25) is 0 Å². The molecular formula is C12H21NO2. The molecule has 3 nitrogen and oxygen atoms in total. The Bertz CT molecular complexity index is 242. The molecule has 0 fully saturated rings. The molecule has 1 amide bonds. The first-order valence-electron chi connectivity index (χ1n) is 4.96. The fraction of sp³-hybridized carbons (Fsp3) is 0.417. The standard InChI is InChI=1S/C10H15NO2.C2H6/c1-4-10(11(3)8-13)6-5-9(2)7-12;1-2/h4-6,8,12H,2,7H2,1,3H3;1-2H3/b6-5-,10-4+;. The molecule has 0 rings (SSSR count). The third-order valence-corrected chi connectivity index (χ3v) is 1.55. The summed E-state index contributed by atoms with van der Waals surface area (Å²) < 4.78 is 0. The van der Waals surface area contributed by atoms with Gasteiger partial charge < -0.3 is 10.0 Å². The Morgan fingerprint density at radius 1 is 1.40 bits per heavy atom. The van der Waals surface area contributed by atoms with Crippen LogP contribution in [0.25, 0.3) is 0 Å². The first-order valence-corrected chi connectivity index (χ1v) is 4.96. The number of likely N-dealkylation sites (N-methyl/N-ethyl adjacent to an activating group) is 1. The largest absolute Gasteiger partial charge is 0.392 e. The Morgan fingerprint density at radius 2 is 1.93 bits per heavy atom. The zero-order valence-electron chi connectivity index (χ0n) is 10.0. The van der Waals surface area contributed by atoms with Gasteiger partial charge in [0.2, 0.25) is 6.41 Å². The monoisotopic (exact) mass is 211 g/mol. The molecule has 1 N–H and O–H groups in total. The van der Waals surface area contributed by atoms with E-state index in [2.05, 4.69) is 6.58 Å². The summed E-state index contributed by atoms with van der Waals surface area (Å²) in [6, 6.07) is 0. The Kier molecular flexibility index (Phi) is 11.5. The lowest BCUT2D eigenvalue weighted by Gasteiger charge is -2.10. The second kappa shape index (κ2) is 10.7. The second-order valence-electron chi connectivity index (χ2n) is 2.58. The van der Waals surface area contributed by atoms with Gasteiger partial charge in [0.25, 0.3) is 0 Å².